The molecule has 1 aromatic heterocycles. The molecule has 0 aliphatic carbocycles. The Morgan fingerprint density at radius 3 is 2.08 bits per heavy atom. The molecule has 0 unspecified atom stereocenters. The van der Waals surface area contributed by atoms with Gasteiger partial charge in [0.25, 0.3) is 5.56 Å². The zero-order valence-corrected chi connectivity index (χ0v) is 21.2. The van der Waals surface area contributed by atoms with E-state index in [1.807, 2.05) is 66.7 Å². The molecule has 8 nitrogen and oxygen atoms in total. The standard InChI is InChI=1S/C30H28N2O6/c1-34-23-12-8-21(9-13-23)30(20-6-4-3-5-7-20,22-10-14-24(35-2)15-11-22)36-19-26-25-18-28(37-26)32-17-16-27(33)31-29(32)38-25/h3-17,25-26,28H,18-19H2,1-2H3/t25-,26+,28+/m0/s1. The Kier molecular flexibility index (Phi) is 6.35. The average Bonchev–Trinajstić information content (AvgIpc) is 3.30. The second-order valence-electron chi connectivity index (χ2n) is 9.29. The van der Waals surface area contributed by atoms with Gasteiger partial charge in [-0.1, -0.05) is 54.6 Å². The highest BCUT2D eigenvalue weighted by Crippen LogP contribution is 2.44. The van der Waals surface area contributed by atoms with Gasteiger partial charge < -0.3 is 23.7 Å². The Labute approximate surface area is 220 Å². The highest BCUT2D eigenvalue weighted by molar-refractivity contribution is 5.49. The number of hydrogen-bond acceptors (Lipinski definition) is 7. The number of benzene rings is 3. The van der Waals surface area contributed by atoms with Gasteiger partial charge in [-0.15, -0.1) is 0 Å². The first kappa shape index (κ1) is 24.2. The summed E-state index contributed by atoms with van der Waals surface area (Å²) in [6, 6.07) is 27.6. The van der Waals surface area contributed by atoms with Crippen molar-refractivity contribution in [1.29, 1.82) is 0 Å². The third kappa shape index (κ3) is 4.21. The Balaban J connectivity index is 1.40. The molecule has 4 aromatic rings. The third-order valence-electron chi connectivity index (χ3n) is 7.19. The Bertz CT molecular complexity index is 1410. The molecule has 0 saturated carbocycles. The lowest BCUT2D eigenvalue weighted by molar-refractivity contribution is -0.0816. The lowest BCUT2D eigenvalue weighted by Gasteiger charge is -2.37. The molecule has 0 spiro atoms. The number of rotatable bonds is 8. The van der Waals surface area contributed by atoms with E-state index in [0.29, 0.717) is 6.42 Å². The summed E-state index contributed by atoms with van der Waals surface area (Å²) in [5.41, 5.74) is 1.54. The van der Waals surface area contributed by atoms with Crippen molar-refractivity contribution in [3.8, 4) is 17.5 Å². The van der Waals surface area contributed by atoms with Crippen LogP contribution in [0.5, 0.6) is 17.5 Å². The maximum absolute atomic E-state index is 11.8. The average molecular weight is 513 g/mol. The molecule has 0 N–H and O–H groups in total. The zero-order chi connectivity index (χ0) is 26.1. The minimum Gasteiger partial charge on any atom is -0.497 e. The smallest absolute Gasteiger partial charge is 0.302 e. The number of ether oxygens (including phenoxy) is 5. The number of methoxy groups -OCH3 is 2. The first-order valence-electron chi connectivity index (χ1n) is 12.5. The van der Waals surface area contributed by atoms with Gasteiger partial charge in [-0.2, -0.15) is 4.98 Å². The lowest BCUT2D eigenvalue weighted by Crippen LogP contribution is -2.39. The summed E-state index contributed by atoms with van der Waals surface area (Å²) < 4.78 is 32.0. The molecule has 3 atom stereocenters. The predicted molar refractivity (Wildman–Crippen MR) is 140 cm³/mol. The minimum atomic E-state index is -0.958. The lowest BCUT2D eigenvalue weighted by atomic mass is 9.80. The maximum Gasteiger partial charge on any atom is 0.302 e. The summed E-state index contributed by atoms with van der Waals surface area (Å²) >= 11 is 0. The van der Waals surface area contributed by atoms with Crippen LogP contribution in [0.2, 0.25) is 0 Å². The summed E-state index contributed by atoms with van der Waals surface area (Å²) in [6.07, 6.45) is 1.40. The Morgan fingerprint density at radius 1 is 0.868 bits per heavy atom. The molecular weight excluding hydrogens is 484 g/mol. The van der Waals surface area contributed by atoms with Gasteiger partial charge in [0.15, 0.2) is 0 Å². The molecule has 2 aliphatic heterocycles. The normalized spacial score (nSPS) is 19.9. The van der Waals surface area contributed by atoms with Gasteiger partial charge >= 0.3 is 6.01 Å². The van der Waals surface area contributed by atoms with Crippen molar-refractivity contribution < 1.29 is 23.7 Å². The van der Waals surface area contributed by atoms with Gasteiger partial charge in [-0.3, -0.25) is 9.36 Å². The molecule has 2 bridgehead atoms. The van der Waals surface area contributed by atoms with Gasteiger partial charge in [0.2, 0.25) is 0 Å². The second kappa shape index (κ2) is 9.96. The van der Waals surface area contributed by atoms with Gasteiger partial charge in [-0.25, -0.2) is 0 Å². The van der Waals surface area contributed by atoms with E-state index in [1.54, 1.807) is 25.0 Å². The number of nitrogens with zero attached hydrogens (tertiary/aromatic N) is 2. The van der Waals surface area contributed by atoms with Crippen LogP contribution in [-0.4, -0.2) is 42.6 Å². The topological polar surface area (TPSA) is 81.0 Å². The molecular formula is C30H28N2O6. The highest BCUT2D eigenvalue weighted by Gasteiger charge is 2.46. The molecule has 2 aliphatic rings. The van der Waals surface area contributed by atoms with Crippen molar-refractivity contribution >= 4 is 0 Å². The number of aromatic nitrogens is 2. The van der Waals surface area contributed by atoms with E-state index in [0.717, 1.165) is 28.2 Å². The van der Waals surface area contributed by atoms with Crippen LogP contribution >= 0.6 is 0 Å². The van der Waals surface area contributed by atoms with Crippen LogP contribution in [0.4, 0.5) is 0 Å². The molecule has 8 heteroatoms. The summed E-state index contributed by atoms with van der Waals surface area (Å²) in [5, 5.41) is 0. The molecule has 3 aromatic carbocycles. The van der Waals surface area contributed by atoms with E-state index >= 15 is 0 Å². The zero-order valence-electron chi connectivity index (χ0n) is 21.2. The summed E-state index contributed by atoms with van der Waals surface area (Å²) in [4.78, 5) is 15.8. The fourth-order valence-corrected chi connectivity index (χ4v) is 5.27. The van der Waals surface area contributed by atoms with Crippen LogP contribution in [0.3, 0.4) is 0 Å². The van der Waals surface area contributed by atoms with Crippen LogP contribution in [0, 0.1) is 0 Å². The molecule has 6 rings (SSSR count). The fourth-order valence-electron chi connectivity index (χ4n) is 5.27. The molecule has 1 saturated heterocycles. The first-order valence-corrected chi connectivity index (χ1v) is 12.5. The number of hydrogen-bond donors (Lipinski definition) is 0. The van der Waals surface area contributed by atoms with Crippen molar-refractivity contribution in [2.24, 2.45) is 0 Å². The van der Waals surface area contributed by atoms with E-state index < -0.39 is 5.60 Å². The highest BCUT2D eigenvalue weighted by atomic mass is 16.6. The van der Waals surface area contributed by atoms with Gasteiger partial charge in [0.1, 0.15) is 35.5 Å². The largest absolute Gasteiger partial charge is 0.497 e. The number of fused-ring (bicyclic) bond motifs is 4. The molecule has 3 heterocycles. The maximum atomic E-state index is 11.8. The van der Waals surface area contributed by atoms with E-state index in [-0.39, 0.29) is 36.6 Å². The van der Waals surface area contributed by atoms with Gasteiger partial charge in [0.05, 0.1) is 20.8 Å². The van der Waals surface area contributed by atoms with Crippen LogP contribution < -0.4 is 19.8 Å². The Hall–Kier alpha value is -4.14. The molecule has 0 amide bonds. The third-order valence-corrected chi connectivity index (χ3v) is 7.19. The van der Waals surface area contributed by atoms with Gasteiger partial charge in [0, 0.05) is 18.7 Å². The molecule has 194 valence electrons. The first-order chi connectivity index (χ1) is 18.6. The van der Waals surface area contributed by atoms with Crippen LogP contribution in [-0.2, 0) is 15.1 Å². The van der Waals surface area contributed by atoms with Crippen molar-refractivity contribution in [1.82, 2.24) is 9.55 Å². The second-order valence-corrected chi connectivity index (χ2v) is 9.29. The summed E-state index contributed by atoms with van der Waals surface area (Å²) in [7, 11) is 3.30. The van der Waals surface area contributed by atoms with Crippen LogP contribution in [0.25, 0.3) is 0 Å². The van der Waals surface area contributed by atoms with E-state index in [1.165, 1.54) is 6.07 Å². The summed E-state index contributed by atoms with van der Waals surface area (Å²) in [5.74, 6) is 1.51. The Morgan fingerprint density at radius 2 is 1.47 bits per heavy atom. The van der Waals surface area contributed by atoms with E-state index in [2.05, 4.69) is 17.1 Å². The van der Waals surface area contributed by atoms with Crippen LogP contribution in [0.1, 0.15) is 29.3 Å². The quantitative estimate of drug-likeness (QED) is 0.325. The summed E-state index contributed by atoms with van der Waals surface area (Å²) in [6.45, 7) is 0.243. The molecule has 1 fully saturated rings. The van der Waals surface area contributed by atoms with Crippen molar-refractivity contribution in [2.75, 3.05) is 20.8 Å². The molecule has 0 radical (unpaired) electrons. The SMILES string of the molecule is COc1ccc(C(OC[C@H]2O[C@@H]3C[C@@H]2Oc2nc(=O)ccn23)(c2ccccc2)c2ccc(OC)cc2)cc1. The monoisotopic (exact) mass is 512 g/mol. The van der Waals surface area contributed by atoms with Crippen LogP contribution in [0.15, 0.2) is 95.9 Å². The van der Waals surface area contributed by atoms with E-state index in [4.69, 9.17) is 23.7 Å². The predicted octanol–water partition coefficient (Wildman–Crippen LogP) is 4.32. The fraction of sp³-hybridized carbons (Fsp3) is 0.267. The van der Waals surface area contributed by atoms with Crippen molar-refractivity contribution in [3.63, 3.8) is 0 Å². The molecule has 38 heavy (non-hydrogen) atoms. The van der Waals surface area contributed by atoms with Crippen molar-refractivity contribution in [3.05, 3.63) is 118 Å². The minimum absolute atomic E-state index is 0.243. The van der Waals surface area contributed by atoms with Crippen molar-refractivity contribution in [2.45, 2.75) is 30.5 Å². The van der Waals surface area contributed by atoms with Gasteiger partial charge in [-0.05, 0) is 41.0 Å². The van der Waals surface area contributed by atoms with E-state index in [9.17, 15) is 4.79 Å².